The first kappa shape index (κ1) is 31.3. The summed E-state index contributed by atoms with van der Waals surface area (Å²) in [5.41, 5.74) is 6.08. The number of aromatic nitrogens is 2. The van der Waals surface area contributed by atoms with Gasteiger partial charge in [-0.1, -0.05) is 54.1 Å². The topological polar surface area (TPSA) is 125 Å². The number of aliphatic hydroxyl groups excluding tert-OH is 1. The van der Waals surface area contributed by atoms with Crippen LogP contribution in [0.5, 0.6) is 0 Å². The van der Waals surface area contributed by atoms with E-state index in [1.807, 2.05) is 49.4 Å². The lowest BCUT2D eigenvalue weighted by atomic mass is 9.95. The molecule has 46 heavy (non-hydrogen) atoms. The molecule has 2 fully saturated rings. The van der Waals surface area contributed by atoms with Crippen molar-refractivity contribution in [3.8, 4) is 11.1 Å². The van der Waals surface area contributed by atoms with Crippen molar-refractivity contribution in [1.82, 2.24) is 19.8 Å². The zero-order valence-electron chi connectivity index (χ0n) is 25.4. The molecule has 10 nitrogen and oxygen atoms in total. The van der Waals surface area contributed by atoms with Crippen molar-refractivity contribution in [1.29, 1.82) is 0 Å². The third kappa shape index (κ3) is 7.09. The smallest absolute Gasteiger partial charge is 0.410 e. The Labute approximate surface area is 272 Å². The summed E-state index contributed by atoms with van der Waals surface area (Å²) in [6.45, 7) is 5.35. The van der Waals surface area contributed by atoms with Crippen molar-refractivity contribution in [3.05, 3.63) is 112 Å². The summed E-state index contributed by atoms with van der Waals surface area (Å²) in [6.07, 6.45) is 3.53. The fourth-order valence-electron chi connectivity index (χ4n) is 5.78. The van der Waals surface area contributed by atoms with E-state index >= 15 is 0 Å². The van der Waals surface area contributed by atoms with Gasteiger partial charge in [0.15, 0.2) is 5.78 Å². The van der Waals surface area contributed by atoms with Crippen LogP contribution in [0.3, 0.4) is 0 Å². The molecule has 2 saturated heterocycles. The molecule has 11 heteroatoms. The zero-order chi connectivity index (χ0) is 32.2. The molecular formula is C35H34ClN5O5. The lowest BCUT2D eigenvalue weighted by Gasteiger charge is -2.16. The molecule has 236 valence electrons. The van der Waals surface area contributed by atoms with Crippen LogP contribution in [-0.2, 0) is 24.2 Å². The Morgan fingerprint density at radius 2 is 1.67 bits per heavy atom. The van der Waals surface area contributed by atoms with Gasteiger partial charge in [-0.25, -0.2) is 4.79 Å². The third-order valence-electron chi connectivity index (χ3n) is 8.34. The maximum Gasteiger partial charge on any atom is 0.410 e. The number of β-amino-alcohol motifs (C(OH)–C–C–N with tert-alkyl or cyclic N) is 1. The quantitative estimate of drug-likeness (QED) is 0.224. The van der Waals surface area contributed by atoms with Crippen LogP contribution in [0.2, 0.25) is 5.02 Å². The molecule has 2 aliphatic heterocycles. The van der Waals surface area contributed by atoms with Gasteiger partial charge in [0, 0.05) is 49.7 Å². The number of carbonyl (C=O) groups excluding carboxylic acids is 3. The number of likely N-dealkylation sites (tertiary alicyclic amines) is 1. The van der Waals surface area contributed by atoms with Crippen molar-refractivity contribution in [2.75, 3.05) is 31.6 Å². The Bertz CT molecular complexity index is 1760. The number of ether oxygens (including phenoxy) is 1. The SMILES string of the molecule is Cc1c(NC(=O)c2ccc(CN3CCOC3=O)cn2)cccc1-c1cccc(CC(=O)c2ccc(CN3CC[C@@H](O)C3)cn2)c1Cl. The predicted molar refractivity (Wildman–Crippen MR) is 174 cm³/mol. The number of nitrogens with zero attached hydrogens (tertiary/aromatic N) is 4. The van der Waals surface area contributed by atoms with Crippen LogP contribution < -0.4 is 5.32 Å². The Morgan fingerprint density at radius 3 is 2.35 bits per heavy atom. The predicted octanol–water partition coefficient (Wildman–Crippen LogP) is 5.30. The molecule has 0 saturated carbocycles. The molecule has 0 spiro atoms. The van der Waals surface area contributed by atoms with Crippen LogP contribution >= 0.6 is 11.6 Å². The van der Waals surface area contributed by atoms with Gasteiger partial charge in [0.2, 0.25) is 0 Å². The standard InChI is InChI=1S/C35H34ClN5O5/c1-22-27(5-3-7-29(22)39-34(44)31-11-9-24(18-38-31)20-41-14-15-46-35(41)45)28-6-2-4-25(33(28)36)16-32(43)30-10-8-23(17-37-30)19-40-13-12-26(42)21-40/h2-11,17-18,26,42H,12-16,19-21H2,1H3,(H,39,44)/t26-/m1/s1. The van der Waals surface area contributed by atoms with Crippen molar-refractivity contribution in [2.45, 2.75) is 39.0 Å². The highest BCUT2D eigenvalue weighted by Crippen LogP contribution is 2.36. The summed E-state index contributed by atoms with van der Waals surface area (Å²) in [5.74, 6) is -0.506. The fraction of sp³-hybridized carbons (Fsp3) is 0.286. The van der Waals surface area contributed by atoms with Crippen molar-refractivity contribution >= 4 is 35.1 Å². The number of ketones is 1. The maximum absolute atomic E-state index is 13.2. The lowest BCUT2D eigenvalue weighted by molar-refractivity contribution is 0.0986. The number of nitrogens with one attached hydrogen (secondary N) is 1. The second-order valence-electron chi connectivity index (χ2n) is 11.6. The second-order valence-corrected chi connectivity index (χ2v) is 12.0. The number of anilines is 1. The number of carbonyl (C=O) groups is 3. The van der Waals surface area contributed by atoms with E-state index in [0.717, 1.165) is 40.8 Å². The average Bonchev–Trinajstić information content (AvgIpc) is 3.66. The van der Waals surface area contributed by atoms with E-state index in [1.54, 1.807) is 35.5 Å². The summed E-state index contributed by atoms with van der Waals surface area (Å²) in [4.78, 5) is 50.4. The Morgan fingerprint density at radius 1 is 0.957 bits per heavy atom. The van der Waals surface area contributed by atoms with E-state index in [9.17, 15) is 19.5 Å². The fourth-order valence-corrected chi connectivity index (χ4v) is 6.07. The Kier molecular flexibility index (Phi) is 9.39. The van der Waals surface area contributed by atoms with Crippen LogP contribution in [0.1, 0.15) is 49.7 Å². The molecule has 4 heterocycles. The zero-order valence-corrected chi connectivity index (χ0v) is 26.2. The maximum atomic E-state index is 13.2. The van der Waals surface area contributed by atoms with Gasteiger partial charge in [-0.3, -0.25) is 24.5 Å². The first-order chi connectivity index (χ1) is 22.2. The normalized spacial score (nSPS) is 16.5. The van der Waals surface area contributed by atoms with Gasteiger partial charge in [0.1, 0.15) is 18.0 Å². The van der Waals surface area contributed by atoms with E-state index in [1.165, 1.54) is 0 Å². The number of pyridine rings is 2. The van der Waals surface area contributed by atoms with Gasteiger partial charge < -0.3 is 20.1 Å². The molecule has 2 N–H and O–H groups in total. The van der Waals surface area contributed by atoms with E-state index in [0.29, 0.717) is 54.8 Å². The highest BCUT2D eigenvalue weighted by atomic mass is 35.5. The van der Waals surface area contributed by atoms with Crippen LogP contribution in [0.4, 0.5) is 10.5 Å². The summed E-state index contributed by atoms with van der Waals surface area (Å²) >= 11 is 6.89. The minimum absolute atomic E-state index is 0.0907. The van der Waals surface area contributed by atoms with E-state index in [2.05, 4.69) is 20.2 Å². The monoisotopic (exact) mass is 639 g/mol. The molecule has 2 amide bonds. The second kappa shape index (κ2) is 13.8. The van der Waals surface area contributed by atoms with Crippen LogP contribution in [-0.4, -0.2) is 75.0 Å². The average molecular weight is 640 g/mol. The van der Waals surface area contributed by atoms with Gasteiger partial charge in [-0.2, -0.15) is 0 Å². The molecule has 2 aliphatic rings. The van der Waals surface area contributed by atoms with E-state index in [-0.39, 0.29) is 36.0 Å². The molecule has 2 aromatic heterocycles. The molecule has 0 aliphatic carbocycles. The van der Waals surface area contributed by atoms with Crippen LogP contribution in [0.15, 0.2) is 73.1 Å². The molecular weight excluding hydrogens is 606 g/mol. The number of benzene rings is 2. The minimum atomic E-state index is -0.366. The molecule has 6 rings (SSSR count). The molecule has 4 aromatic rings. The number of aliphatic hydroxyl groups is 1. The van der Waals surface area contributed by atoms with Gasteiger partial charge in [-0.05, 0) is 59.4 Å². The molecule has 0 bridgehead atoms. The van der Waals surface area contributed by atoms with E-state index in [4.69, 9.17) is 16.3 Å². The summed E-state index contributed by atoms with van der Waals surface area (Å²) < 4.78 is 4.96. The van der Waals surface area contributed by atoms with Crippen molar-refractivity contribution < 1.29 is 24.2 Å². The highest BCUT2D eigenvalue weighted by Gasteiger charge is 2.23. The van der Waals surface area contributed by atoms with Crippen molar-refractivity contribution in [2.24, 2.45) is 0 Å². The first-order valence-corrected chi connectivity index (χ1v) is 15.6. The molecule has 0 unspecified atom stereocenters. The number of cyclic esters (lactones) is 1. The highest BCUT2D eigenvalue weighted by molar-refractivity contribution is 6.34. The Balaban J connectivity index is 1.12. The number of halogens is 1. The Hall–Kier alpha value is -4.64. The number of Topliss-reactive ketones (excluding diaryl/α,β-unsaturated/α-hetero) is 1. The number of hydrogen-bond acceptors (Lipinski definition) is 8. The summed E-state index contributed by atoms with van der Waals surface area (Å²) in [7, 11) is 0. The third-order valence-corrected chi connectivity index (χ3v) is 8.79. The number of rotatable bonds is 10. The van der Waals surface area contributed by atoms with Crippen LogP contribution in [0, 0.1) is 6.92 Å². The lowest BCUT2D eigenvalue weighted by Crippen LogP contribution is -2.23. The van der Waals surface area contributed by atoms with Crippen LogP contribution in [0.25, 0.3) is 11.1 Å². The van der Waals surface area contributed by atoms with E-state index < -0.39 is 0 Å². The van der Waals surface area contributed by atoms with Gasteiger partial charge in [0.05, 0.1) is 24.2 Å². The van der Waals surface area contributed by atoms with Gasteiger partial charge in [0.25, 0.3) is 5.91 Å². The molecule has 0 radical (unpaired) electrons. The minimum Gasteiger partial charge on any atom is -0.448 e. The van der Waals surface area contributed by atoms with Crippen molar-refractivity contribution in [3.63, 3.8) is 0 Å². The first-order valence-electron chi connectivity index (χ1n) is 15.2. The number of hydrogen-bond donors (Lipinski definition) is 2. The summed E-state index contributed by atoms with van der Waals surface area (Å²) in [6, 6.07) is 18.2. The van der Waals surface area contributed by atoms with Gasteiger partial charge in [-0.15, -0.1) is 0 Å². The number of amides is 2. The van der Waals surface area contributed by atoms with Gasteiger partial charge >= 0.3 is 6.09 Å². The molecule has 1 atom stereocenters. The summed E-state index contributed by atoms with van der Waals surface area (Å²) in [5, 5.41) is 13.2. The molecule has 2 aromatic carbocycles. The largest absolute Gasteiger partial charge is 0.448 e.